The van der Waals surface area contributed by atoms with Crippen molar-refractivity contribution in [3.05, 3.63) is 28.3 Å². The van der Waals surface area contributed by atoms with Crippen LogP contribution in [0.5, 0.6) is 11.5 Å². The van der Waals surface area contributed by atoms with Gasteiger partial charge in [0.2, 0.25) is 5.75 Å². The smallest absolute Gasteiger partial charge is 0.344 e. The Morgan fingerprint density at radius 3 is 2.79 bits per heavy atom. The number of hydrogen-bond acceptors (Lipinski definition) is 7. The topological polar surface area (TPSA) is 108 Å². The average molecular weight is 271 g/mol. The molecule has 0 atom stereocenters. The van der Waals surface area contributed by atoms with Gasteiger partial charge in [-0.2, -0.15) is 0 Å². The van der Waals surface area contributed by atoms with Crippen molar-refractivity contribution in [3.63, 3.8) is 0 Å². The third kappa shape index (κ3) is 4.43. The number of rotatable bonds is 7. The lowest BCUT2D eigenvalue weighted by Crippen LogP contribution is -2.16. The van der Waals surface area contributed by atoms with E-state index in [0.717, 1.165) is 0 Å². The first-order valence-electron chi connectivity index (χ1n) is 5.30. The fourth-order valence-corrected chi connectivity index (χ4v) is 1.24. The molecule has 0 saturated carbocycles. The number of carbonyl (C=O) groups excluding carboxylic acids is 1. The van der Waals surface area contributed by atoms with Crippen LogP contribution in [-0.4, -0.2) is 42.9 Å². The molecule has 0 fully saturated rings. The molecule has 0 spiro atoms. The molecule has 0 radical (unpaired) electrons. The summed E-state index contributed by atoms with van der Waals surface area (Å²) in [5, 5.41) is 19.1. The molecule has 1 aromatic carbocycles. The Bertz CT molecular complexity index is 460. The maximum absolute atomic E-state index is 11.1. The van der Waals surface area contributed by atoms with E-state index in [2.05, 4.69) is 4.74 Å². The van der Waals surface area contributed by atoms with Crippen molar-refractivity contribution < 1.29 is 29.0 Å². The van der Waals surface area contributed by atoms with E-state index in [-0.39, 0.29) is 37.0 Å². The van der Waals surface area contributed by atoms with Gasteiger partial charge in [0.1, 0.15) is 12.4 Å². The molecule has 1 rings (SSSR count). The number of nitro groups is 1. The third-order valence-electron chi connectivity index (χ3n) is 2.06. The highest BCUT2D eigenvalue weighted by Gasteiger charge is 2.15. The largest absolute Gasteiger partial charge is 0.490 e. The average Bonchev–Trinajstić information content (AvgIpc) is 2.42. The molecule has 19 heavy (non-hydrogen) atoms. The van der Waals surface area contributed by atoms with E-state index in [1.807, 2.05) is 0 Å². The minimum absolute atomic E-state index is 0.0335. The lowest BCUT2D eigenvalue weighted by atomic mass is 10.3. The van der Waals surface area contributed by atoms with Crippen LogP contribution in [0.4, 0.5) is 5.69 Å². The van der Waals surface area contributed by atoms with Crippen molar-refractivity contribution in [2.75, 3.05) is 26.9 Å². The molecular formula is C11H13NO7. The van der Waals surface area contributed by atoms with E-state index in [0.29, 0.717) is 0 Å². The highest BCUT2D eigenvalue weighted by atomic mass is 16.6. The Morgan fingerprint density at radius 1 is 1.47 bits per heavy atom. The fraction of sp³-hybridized carbons (Fsp3) is 0.364. The van der Waals surface area contributed by atoms with E-state index in [9.17, 15) is 14.9 Å². The number of hydrogen-bond donors (Lipinski definition) is 1. The Morgan fingerprint density at radius 2 is 2.21 bits per heavy atom. The second kappa shape index (κ2) is 7.17. The normalized spacial score (nSPS) is 9.79. The summed E-state index contributed by atoms with van der Waals surface area (Å²) in [7, 11) is 1.29. The van der Waals surface area contributed by atoms with Crippen LogP contribution < -0.4 is 9.47 Å². The number of methoxy groups -OCH3 is 1. The molecule has 0 heterocycles. The molecular weight excluding hydrogens is 258 g/mol. The van der Waals surface area contributed by atoms with Crippen LogP contribution in [0.1, 0.15) is 0 Å². The Kier molecular flexibility index (Phi) is 5.55. The Balaban J connectivity index is 2.65. The van der Waals surface area contributed by atoms with Gasteiger partial charge in [-0.3, -0.25) is 10.1 Å². The molecule has 0 saturated heterocycles. The molecule has 104 valence electrons. The van der Waals surface area contributed by atoms with Crippen molar-refractivity contribution in [1.29, 1.82) is 0 Å². The van der Waals surface area contributed by atoms with E-state index in [4.69, 9.17) is 14.6 Å². The quantitative estimate of drug-likeness (QED) is 0.437. The van der Waals surface area contributed by atoms with Crippen LogP contribution in [-0.2, 0) is 9.53 Å². The van der Waals surface area contributed by atoms with Crippen molar-refractivity contribution in [3.8, 4) is 11.5 Å². The second-order valence-electron chi connectivity index (χ2n) is 3.32. The first kappa shape index (κ1) is 14.7. The standard InChI is InChI=1S/C11H13NO7/c1-17-10-6-8(2-3-9(10)12(15)16)19-7-11(14)18-5-4-13/h2-3,6,13H,4-5,7H2,1H3. The number of nitrogens with zero attached hydrogens (tertiary/aromatic N) is 1. The zero-order valence-electron chi connectivity index (χ0n) is 10.2. The zero-order chi connectivity index (χ0) is 14.3. The van der Waals surface area contributed by atoms with Crippen LogP contribution in [0, 0.1) is 10.1 Å². The van der Waals surface area contributed by atoms with Gasteiger partial charge < -0.3 is 19.3 Å². The monoisotopic (exact) mass is 271 g/mol. The van der Waals surface area contributed by atoms with Gasteiger partial charge in [-0.15, -0.1) is 0 Å². The van der Waals surface area contributed by atoms with Gasteiger partial charge in [-0.1, -0.05) is 0 Å². The highest BCUT2D eigenvalue weighted by Crippen LogP contribution is 2.30. The van der Waals surface area contributed by atoms with Gasteiger partial charge in [0.25, 0.3) is 0 Å². The van der Waals surface area contributed by atoms with Crippen LogP contribution in [0.25, 0.3) is 0 Å². The fourth-order valence-electron chi connectivity index (χ4n) is 1.24. The molecule has 0 aromatic heterocycles. The summed E-state index contributed by atoms with van der Waals surface area (Å²) in [6, 6.07) is 3.87. The minimum atomic E-state index is -0.647. The molecule has 0 amide bonds. The maximum atomic E-state index is 11.1. The molecule has 8 heteroatoms. The summed E-state index contributed by atoms with van der Waals surface area (Å²) >= 11 is 0. The van der Waals surface area contributed by atoms with Gasteiger partial charge in [0.15, 0.2) is 6.61 Å². The second-order valence-corrected chi connectivity index (χ2v) is 3.32. The van der Waals surface area contributed by atoms with Crippen molar-refractivity contribution >= 4 is 11.7 Å². The number of carbonyl (C=O) groups is 1. The third-order valence-corrected chi connectivity index (χ3v) is 2.06. The van der Waals surface area contributed by atoms with Crippen molar-refractivity contribution in [2.24, 2.45) is 0 Å². The van der Waals surface area contributed by atoms with E-state index >= 15 is 0 Å². The summed E-state index contributed by atoms with van der Waals surface area (Å²) in [5.41, 5.74) is -0.197. The lowest BCUT2D eigenvalue weighted by Gasteiger charge is -2.07. The van der Waals surface area contributed by atoms with Gasteiger partial charge in [-0.25, -0.2) is 4.79 Å². The molecule has 0 aliphatic heterocycles. The summed E-state index contributed by atoms with van der Waals surface area (Å²) < 4.78 is 14.5. The summed E-state index contributed by atoms with van der Waals surface area (Å²) in [6.45, 7) is -0.732. The van der Waals surface area contributed by atoms with Crippen LogP contribution in [0.15, 0.2) is 18.2 Å². The molecule has 8 nitrogen and oxygen atoms in total. The number of benzene rings is 1. The van der Waals surface area contributed by atoms with Crippen LogP contribution in [0.2, 0.25) is 0 Å². The summed E-state index contributed by atoms with van der Waals surface area (Å²) in [4.78, 5) is 21.2. The van der Waals surface area contributed by atoms with Crippen molar-refractivity contribution in [2.45, 2.75) is 0 Å². The van der Waals surface area contributed by atoms with Crippen LogP contribution >= 0.6 is 0 Å². The predicted molar refractivity (Wildman–Crippen MR) is 63.2 cm³/mol. The lowest BCUT2D eigenvalue weighted by molar-refractivity contribution is -0.385. The van der Waals surface area contributed by atoms with E-state index in [1.54, 1.807) is 0 Å². The van der Waals surface area contributed by atoms with Crippen molar-refractivity contribution in [1.82, 2.24) is 0 Å². The molecule has 0 bridgehead atoms. The van der Waals surface area contributed by atoms with Gasteiger partial charge in [0.05, 0.1) is 18.6 Å². The number of nitro benzene ring substituents is 1. The van der Waals surface area contributed by atoms with Gasteiger partial charge in [0, 0.05) is 12.1 Å². The first-order valence-corrected chi connectivity index (χ1v) is 5.30. The SMILES string of the molecule is COc1cc(OCC(=O)OCCO)ccc1[N+](=O)[O-]. The van der Waals surface area contributed by atoms with E-state index < -0.39 is 10.9 Å². The Hall–Kier alpha value is -2.35. The molecule has 0 aliphatic rings. The van der Waals surface area contributed by atoms with Gasteiger partial charge in [-0.05, 0) is 6.07 Å². The maximum Gasteiger partial charge on any atom is 0.344 e. The Labute approximate surface area is 108 Å². The molecule has 1 N–H and O–H groups in total. The number of esters is 1. The number of aliphatic hydroxyl groups is 1. The highest BCUT2D eigenvalue weighted by molar-refractivity contribution is 5.71. The van der Waals surface area contributed by atoms with E-state index in [1.165, 1.54) is 25.3 Å². The van der Waals surface area contributed by atoms with Gasteiger partial charge >= 0.3 is 11.7 Å². The number of ether oxygens (including phenoxy) is 3. The minimum Gasteiger partial charge on any atom is -0.490 e. The first-order chi connectivity index (χ1) is 9.08. The zero-order valence-corrected chi connectivity index (χ0v) is 10.2. The number of aliphatic hydroxyl groups excluding tert-OH is 1. The molecule has 0 unspecified atom stereocenters. The molecule has 0 aliphatic carbocycles. The molecule has 1 aromatic rings. The summed E-state index contributed by atoms with van der Waals surface area (Å²) in [6.07, 6.45) is 0. The van der Waals surface area contributed by atoms with Crippen LogP contribution in [0.3, 0.4) is 0 Å². The summed E-state index contributed by atoms with van der Waals surface area (Å²) in [5.74, 6) is -0.374. The predicted octanol–water partition coefficient (Wildman–Crippen LogP) is 0.518.